The third kappa shape index (κ3) is 3.33. The van der Waals surface area contributed by atoms with Crippen LogP contribution < -0.4 is 0 Å². The first-order valence-electron chi connectivity index (χ1n) is 3.34. The minimum absolute atomic E-state index is 1.80. The van der Waals surface area contributed by atoms with Crippen LogP contribution >= 0.6 is 0 Å². The Morgan fingerprint density at radius 2 is 1.00 bits per heavy atom. The molecule has 0 spiro atoms. The maximum absolute atomic E-state index is 12.0. The van der Waals surface area contributed by atoms with Crippen molar-refractivity contribution in [1.82, 2.24) is 0 Å². The lowest BCUT2D eigenvalue weighted by atomic mass is 10.3. The third-order valence-electron chi connectivity index (χ3n) is 1.24. The predicted molar refractivity (Wildman–Crippen MR) is 28.0 cm³/mol. The van der Waals surface area contributed by atoms with Crippen molar-refractivity contribution in [2.75, 3.05) is 0 Å². The van der Waals surface area contributed by atoms with E-state index in [0.29, 0.717) is 0 Å². The molecule has 17 heavy (non-hydrogen) atoms. The summed E-state index contributed by atoms with van der Waals surface area (Å²) in [5.41, 5.74) is 0. The number of rotatable bonds is 3. The van der Waals surface area contributed by atoms with Crippen LogP contribution in [-0.4, -0.2) is 30.7 Å². The smallest absolute Gasteiger partial charge is 0.272 e. The molecule has 0 aromatic carbocycles. The Hall–Kier alpha value is -0.810. The monoisotopic (exact) mass is 286 g/mol. The lowest BCUT2D eigenvalue weighted by Crippen LogP contribution is -2.51. The highest BCUT2D eigenvalue weighted by molar-refractivity contribution is 4.81. The Kier molecular flexibility index (Phi) is 3.94. The first kappa shape index (κ1) is 16.2. The van der Waals surface area contributed by atoms with E-state index in [4.69, 9.17) is 0 Å². The van der Waals surface area contributed by atoms with Crippen molar-refractivity contribution in [1.29, 1.82) is 0 Å². The Labute approximate surface area is 85.1 Å². The average Bonchev–Trinajstić information content (AvgIpc) is 1.98. The highest BCUT2D eigenvalue weighted by atomic mass is 19.4. The molecule has 0 radical (unpaired) electrons. The maximum atomic E-state index is 12.0. The van der Waals surface area contributed by atoms with E-state index in [-0.39, 0.29) is 0 Å². The fourth-order valence-electron chi connectivity index (χ4n) is 0.399. The molecule has 0 saturated carbocycles. The molecule has 0 aliphatic rings. The zero-order valence-electron chi connectivity index (χ0n) is 7.14. The number of hydrogen-bond acceptors (Lipinski definition) is 1. The van der Waals surface area contributed by atoms with Gasteiger partial charge in [-0.25, -0.2) is 4.39 Å². The van der Waals surface area contributed by atoms with E-state index < -0.39 is 30.7 Å². The lowest BCUT2D eigenvalue weighted by Gasteiger charge is -2.27. The van der Waals surface area contributed by atoms with Gasteiger partial charge < -0.3 is 0 Å². The normalized spacial score (nSPS) is 17.1. The van der Waals surface area contributed by atoms with Crippen LogP contribution in [0.4, 0.5) is 48.3 Å². The molecule has 0 aliphatic heterocycles. The average molecular weight is 286 g/mol. The first-order valence-corrected chi connectivity index (χ1v) is 3.34. The van der Waals surface area contributed by atoms with Gasteiger partial charge >= 0.3 is 24.4 Å². The van der Waals surface area contributed by atoms with Crippen LogP contribution in [0.25, 0.3) is 0 Å². The van der Waals surface area contributed by atoms with Crippen LogP contribution in [0.1, 0.15) is 0 Å². The van der Waals surface area contributed by atoms with E-state index in [1.54, 1.807) is 4.74 Å². The summed E-state index contributed by atoms with van der Waals surface area (Å²) in [5.74, 6) is -6.50. The summed E-state index contributed by atoms with van der Waals surface area (Å²) in [7, 11) is 0. The van der Waals surface area contributed by atoms with Crippen LogP contribution in [0, 0.1) is 0 Å². The van der Waals surface area contributed by atoms with Gasteiger partial charge in [0.05, 0.1) is 0 Å². The van der Waals surface area contributed by atoms with Crippen LogP contribution in [0.5, 0.6) is 0 Å². The summed E-state index contributed by atoms with van der Waals surface area (Å²) in [6, 6.07) is 0. The summed E-state index contributed by atoms with van der Waals surface area (Å²) in [5, 5.41) is 0. The molecule has 0 aromatic rings. The standard InChI is InChI=1S/C5HF11O/c6-1(2(7,8)3(9,10)11)17-5(15,16)4(12,13)14/h1H. The Morgan fingerprint density at radius 3 is 1.24 bits per heavy atom. The molecule has 1 atom stereocenters. The van der Waals surface area contributed by atoms with Gasteiger partial charge in [-0.1, -0.05) is 0 Å². The minimum atomic E-state index is -6.67. The first-order chi connectivity index (χ1) is 7.13. The summed E-state index contributed by atoms with van der Waals surface area (Å²) < 4.78 is 129. The van der Waals surface area contributed by atoms with Crippen molar-refractivity contribution in [3.63, 3.8) is 0 Å². The van der Waals surface area contributed by atoms with E-state index in [9.17, 15) is 48.3 Å². The van der Waals surface area contributed by atoms with Crippen LogP contribution in [0.2, 0.25) is 0 Å². The second-order valence-electron chi connectivity index (χ2n) is 2.57. The minimum Gasteiger partial charge on any atom is -0.272 e. The van der Waals surface area contributed by atoms with Gasteiger partial charge in [0.25, 0.3) is 6.36 Å². The molecule has 12 heteroatoms. The van der Waals surface area contributed by atoms with Crippen molar-refractivity contribution in [2.24, 2.45) is 0 Å². The van der Waals surface area contributed by atoms with E-state index in [1.807, 2.05) is 0 Å². The quantitative estimate of drug-likeness (QED) is 0.719. The summed E-state index contributed by atoms with van der Waals surface area (Å²) >= 11 is 0. The molecule has 0 fully saturated rings. The lowest BCUT2D eigenvalue weighted by molar-refractivity contribution is -0.446. The number of alkyl halides is 11. The van der Waals surface area contributed by atoms with Gasteiger partial charge in [-0.3, -0.25) is 4.74 Å². The molecule has 0 amide bonds. The van der Waals surface area contributed by atoms with Gasteiger partial charge in [0.2, 0.25) is 0 Å². The molecule has 0 rings (SSSR count). The van der Waals surface area contributed by atoms with Crippen molar-refractivity contribution in [2.45, 2.75) is 30.7 Å². The van der Waals surface area contributed by atoms with Gasteiger partial charge in [-0.2, -0.15) is 43.9 Å². The summed E-state index contributed by atoms with van der Waals surface area (Å²) in [6.45, 7) is 0. The highest BCUT2D eigenvalue weighted by Crippen LogP contribution is 2.44. The van der Waals surface area contributed by atoms with Gasteiger partial charge in [-0.05, 0) is 0 Å². The highest BCUT2D eigenvalue weighted by Gasteiger charge is 2.69. The number of ether oxygens (including phenoxy) is 1. The van der Waals surface area contributed by atoms with E-state index in [0.717, 1.165) is 0 Å². The molecule has 0 aromatic heterocycles. The van der Waals surface area contributed by atoms with Crippen molar-refractivity contribution >= 4 is 0 Å². The molecule has 0 N–H and O–H groups in total. The van der Waals surface area contributed by atoms with E-state index in [2.05, 4.69) is 0 Å². The second-order valence-corrected chi connectivity index (χ2v) is 2.57. The van der Waals surface area contributed by atoms with Gasteiger partial charge in [0, 0.05) is 0 Å². The van der Waals surface area contributed by atoms with E-state index >= 15 is 0 Å². The zero-order chi connectivity index (χ0) is 14.3. The van der Waals surface area contributed by atoms with Crippen LogP contribution in [-0.2, 0) is 4.74 Å². The third-order valence-corrected chi connectivity index (χ3v) is 1.24. The predicted octanol–water partition coefficient (Wildman–Crippen LogP) is 3.65. The topological polar surface area (TPSA) is 9.23 Å². The molecule has 0 aliphatic carbocycles. The molecular formula is C5HF11O. The largest absolute Gasteiger partial charge is 0.483 e. The SMILES string of the molecule is FC(OC(F)(F)C(F)(F)F)C(F)(F)C(F)(F)F. The second kappa shape index (κ2) is 4.14. The van der Waals surface area contributed by atoms with Crippen molar-refractivity contribution in [3.8, 4) is 0 Å². The molecule has 1 nitrogen and oxygen atoms in total. The summed E-state index contributed by atoms with van der Waals surface area (Å²) in [4.78, 5) is 0. The Bertz CT molecular complexity index is 262. The number of hydrogen-bond donors (Lipinski definition) is 0. The van der Waals surface area contributed by atoms with Crippen molar-refractivity contribution < 1.29 is 53.0 Å². The molecule has 0 saturated heterocycles. The van der Waals surface area contributed by atoms with Gasteiger partial charge in [0.15, 0.2) is 0 Å². The molecule has 0 heterocycles. The van der Waals surface area contributed by atoms with Crippen LogP contribution in [0.15, 0.2) is 0 Å². The Morgan fingerprint density at radius 1 is 0.647 bits per heavy atom. The molecular weight excluding hydrogens is 285 g/mol. The van der Waals surface area contributed by atoms with Gasteiger partial charge in [0.1, 0.15) is 0 Å². The number of halogens is 11. The van der Waals surface area contributed by atoms with Gasteiger partial charge in [-0.15, -0.1) is 0 Å². The fourth-order valence-corrected chi connectivity index (χ4v) is 0.399. The zero-order valence-corrected chi connectivity index (χ0v) is 7.14. The molecule has 0 bridgehead atoms. The maximum Gasteiger partial charge on any atom is 0.483 e. The molecule has 104 valence electrons. The Balaban J connectivity index is 4.95. The fraction of sp³-hybridized carbons (Fsp3) is 1.00. The van der Waals surface area contributed by atoms with Crippen LogP contribution in [0.3, 0.4) is 0 Å². The molecule has 1 unspecified atom stereocenters. The van der Waals surface area contributed by atoms with E-state index in [1.165, 1.54) is 0 Å². The summed E-state index contributed by atoms with van der Waals surface area (Å²) in [6.07, 6.45) is -25.0. The van der Waals surface area contributed by atoms with Crippen molar-refractivity contribution in [3.05, 3.63) is 0 Å².